The van der Waals surface area contributed by atoms with Crippen LogP contribution in [-0.4, -0.2) is 24.0 Å². The SMILES string of the molecule is Nc1ccc(-c2cccs2)cc1NC(=O)c1ccc(N2CCCCC2)nc1. The molecular formula is C21H22N4OS. The van der Waals surface area contributed by atoms with Crippen LogP contribution in [0.25, 0.3) is 10.4 Å². The summed E-state index contributed by atoms with van der Waals surface area (Å²) in [5.41, 5.74) is 8.78. The number of amides is 1. The van der Waals surface area contributed by atoms with E-state index in [9.17, 15) is 4.79 Å². The zero-order chi connectivity index (χ0) is 18.6. The second-order valence-electron chi connectivity index (χ2n) is 6.69. The van der Waals surface area contributed by atoms with E-state index < -0.39 is 0 Å². The number of nitrogen functional groups attached to an aromatic ring is 1. The van der Waals surface area contributed by atoms with E-state index in [0.717, 1.165) is 29.3 Å². The Kier molecular flexibility index (Phi) is 5.07. The van der Waals surface area contributed by atoms with Crippen LogP contribution in [0.5, 0.6) is 0 Å². The normalized spacial score (nSPS) is 14.1. The number of hydrogen-bond donors (Lipinski definition) is 2. The summed E-state index contributed by atoms with van der Waals surface area (Å²) in [6.07, 6.45) is 5.31. The summed E-state index contributed by atoms with van der Waals surface area (Å²) in [6, 6.07) is 13.5. The minimum Gasteiger partial charge on any atom is -0.397 e. The fourth-order valence-corrected chi connectivity index (χ4v) is 4.01. The molecule has 138 valence electrons. The zero-order valence-corrected chi connectivity index (χ0v) is 15.8. The van der Waals surface area contributed by atoms with Crippen molar-refractivity contribution < 1.29 is 4.79 Å². The molecule has 1 aliphatic rings. The van der Waals surface area contributed by atoms with Crippen molar-refractivity contribution in [1.29, 1.82) is 0 Å². The van der Waals surface area contributed by atoms with E-state index in [1.54, 1.807) is 17.5 Å². The van der Waals surface area contributed by atoms with Crippen molar-refractivity contribution in [3.8, 4) is 10.4 Å². The molecule has 0 saturated carbocycles. The van der Waals surface area contributed by atoms with Crippen molar-refractivity contribution >= 4 is 34.4 Å². The van der Waals surface area contributed by atoms with Gasteiger partial charge in [-0.1, -0.05) is 12.1 Å². The molecule has 3 aromatic rings. The number of hydrogen-bond acceptors (Lipinski definition) is 5. The molecule has 1 aliphatic heterocycles. The van der Waals surface area contributed by atoms with Crippen LogP contribution < -0.4 is 16.0 Å². The van der Waals surface area contributed by atoms with E-state index in [1.165, 1.54) is 19.3 Å². The lowest BCUT2D eigenvalue weighted by atomic mass is 10.1. The van der Waals surface area contributed by atoms with Gasteiger partial charge in [-0.05, 0) is 60.5 Å². The van der Waals surface area contributed by atoms with Crippen molar-refractivity contribution in [3.63, 3.8) is 0 Å². The minimum atomic E-state index is -0.206. The quantitative estimate of drug-likeness (QED) is 0.649. The Hall–Kier alpha value is -2.86. The van der Waals surface area contributed by atoms with Gasteiger partial charge in [0.1, 0.15) is 5.82 Å². The Morgan fingerprint density at radius 1 is 1.11 bits per heavy atom. The van der Waals surface area contributed by atoms with Crippen LogP contribution in [0.2, 0.25) is 0 Å². The number of pyridine rings is 1. The van der Waals surface area contributed by atoms with Crippen molar-refractivity contribution in [3.05, 3.63) is 59.6 Å². The third kappa shape index (κ3) is 3.95. The summed E-state index contributed by atoms with van der Waals surface area (Å²) in [5.74, 6) is 0.730. The van der Waals surface area contributed by atoms with Gasteiger partial charge in [-0.15, -0.1) is 11.3 Å². The number of benzene rings is 1. The van der Waals surface area contributed by atoms with Gasteiger partial charge in [-0.3, -0.25) is 4.79 Å². The first-order chi connectivity index (χ1) is 13.2. The van der Waals surface area contributed by atoms with Crippen molar-refractivity contribution in [2.45, 2.75) is 19.3 Å². The zero-order valence-electron chi connectivity index (χ0n) is 15.0. The molecule has 2 aromatic heterocycles. The molecular weight excluding hydrogens is 356 g/mol. The highest BCUT2D eigenvalue weighted by molar-refractivity contribution is 7.13. The number of aromatic nitrogens is 1. The first-order valence-corrected chi connectivity index (χ1v) is 10.0. The van der Waals surface area contributed by atoms with Crippen molar-refractivity contribution in [2.24, 2.45) is 0 Å². The Bertz CT molecular complexity index is 916. The average molecular weight is 379 g/mol. The number of carbonyl (C=O) groups is 1. The molecule has 3 N–H and O–H groups in total. The van der Waals surface area contributed by atoms with Gasteiger partial charge in [0, 0.05) is 24.2 Å². The summed E-state index contributed by atoms with van der Waals surface area (Å²) < 4.78 is 0. The largest absolute Gasteiger partial charge is 0.397 e. The van der Waals surface area contributed by atoms with Crippen molar-refractivity contribution in [1.82, 2.24) is 4.98 Å². The summed E-state index contributed by atoms with van der Waals surface area (Å²) >= 11 is 1.65. The van der Waals surface area contributed by atoms with E-state index >= 15 is 0 Å². The lowest BCUT2D eigenvalue weighted by Gasteiger charge is -2.27. The predicted molar refractivity (Wildman–Crippen MR) is 112 cm³/mol. The highest BCUT2D eigenvalue weighted by atomic mass is 32.1. The van der Waals surface area contributed by atoms with Crippen LogP contribution in [0.3, 0.4) is 0 Å². The summed E-state index contributed by atoms with van der Waals surface area (Å²) in [7, 11) is 0. The summed E-state index contributed by atoms with van der Waals surface area (Å²) in [4.78, 5) is 20.5. The van der Waals surface area contributed by atoms with Crippen LogP contribution >= 0.6 is 11.3 Å². The molecule has 4 rings (SSSR count). The molecule has 1 saturated heterocycles. The standard InChI is InChI=1S/C21H22N4OS/c22-17-8-6-15(19-5-4-12-27-19)13-18(17)24-21(26)16-7-9-20(23-14-16)25-10-2-1-3-11-25/h4-9,12-14H,1-3,10-11,22H2,(H,24,26). The molecule has 27 heavy (non-hydrogen) atoms. The number of thiophene rings is 1. The van der Waals surface area contributed by atoms with Gasteiger partial charge in [0.2, 0.25) is 0 Å². The van der Waals surface area contributed by atoms with Crippen LogP contribution in [0, 0.1) is 0 Å². The molecule has 0 aliphatic carbocycles. The van der Waals surface area contributed by atoms with E-state index in [0.29, 0.717) is 16.9 Å². The van der Waals surface area contributed by atoms with Gasteiger partial charge in [0.25, 0.3) is 5.91 Å². The number of nitrogens with one attached hydrogen (secondary N) is 1. The average Bonchev–Trinajstić information content (AvgIpc) is 3.25. The van der Waals surface area contributed by atoms with Gasteiger partial charge < -0.3 is 16.0 Å². The molecule has 0 spiro atoms. The van der Waals surface area contributed by atoms with Gasteiger partial charge in [0.15, 0.2) is 0 Å². The molecule has 1 aromatic carbocycles. The van der Waals surface area contributed by atoms with Gasteiger partial charge >= 0.3 is 0 Å². The first-order valence-electron chi connectivity index (χ1n) is 9.16. The van der Waals surface area contributed by atoms with Crippen molar-refractivity contribution in [2.75, 3.05) is 29.0 Å². The lowest BCUT2D eigenvalue weighted by Crippen LogP contribution is -2.30. The van der Waals surface area contributed by atoms with Crippen LogP contribution in [-0.2, 0) is 0 Å². The first kappa shape index (κ1) is 17.5. The summed E-state index contributed by atoms with van der Waals surface area (Å²) in [6.45, 7) is 2.06. The second kappa shape index (κ2) is 7.80. The topological polar surface area (TPSA) is 71.2 Å². The second-order valence-corrected chi connectivity index (χ2v) is 7.63. The van der Waals surface area contributed by atoms with E-state index in [2.05, 4.69) is 15.2 Å². The van der Waals surface area contributed by atoms with E-state index in [4.69, 9.17) is 5.73 Å². The molecule has 5 nitrogen and oxygen atoms in total. The molecule has 1 fully saturated rings. The molecule has 0 unspecified atom stereocenters. The number of nitrogens with two attached hydrogens (primary N) is 1. The minimum absolute atomic E-state index is 0.206. The highest BCUT2D eigenvalue weighted by Gasteiger charge is 2.14. The number of nitrogens with zero attached hydrogens (tertiary/aromatic N) is 2. The van der Waals surface area contributed by atoms with Gasteiger partial charge in [0.05, 0.1) is 16.9 Å². The molecule has 6 heteroatoms. The fraction of sp³-hybridized carbons (Fsp3) is 0.238. The maximum atomic E-state index is 12.6. The Morgan fingerprint density at radius 2 is 1.96 bits per heavy atom. The summed E-state index contributed by atoms with van der Waals surface area (Å²) in [5, 5.41) is 4.94. The molecule has 3 heterocycles. The highest BCUT2D eigenvalue weighted by Crippen LogP contribution is 2.30. The van der Waals surface area contributed by atoms with E-state index in [-0.39, 0.29) is 5.91 Å². The number of carbonyl (C=O) groups excluding carboxylic acids is 1. The third-order valence-electron chi connectivity index (χ3n) is 4.80. The fourth-order valence-electron chi connectivity index (χ4n) is 3.29. The number of piperidine rings is 1. The number of rotatable bonds is 4. The van der Waals surface area contributed by atoms with Crippen LogP contribution in [0.4, 0.5) is 17.2 Å². The molecule has 1 amide bonds. The molecule has 0 atom stereocenters. The smallest absolute Gasteiger partial charge is 0.257 e. The van der Waals surface area contributed by atoms with Crippen LogP contribution in [0.15, 0.2) is 54.0 Å². The van der Waals surface area contributed by atoms with Gasteiger partial charge in [-0.2, -0.15) is 0 Å². The predicted octanol–water partition coefficient (Wildman–Crippen LogP) is 4.63. The third-order valence-corrected chi connectivity index (χ3v) is 5.72. The maximum absolute atomic E-state index is 12.6. The molecule has 0 bridgehead atoms. The maximum Gasteiger partial charge on any atom is 0.257 e. The number of anilines is 3. The monoisotopic (exact) mass is 378 g/mol. The Balaban J connectivity index is 1.49. The van der Waals surface area contributed by atoms with Gasteiger partial charge in [-0.25, -0.2) is 4.98 Å². The van der Waals surface area contributed by atoms with E-state index in [1.807, 2.05) is 47.8 Å². The molecule has 0 radical (unpaired) electrons. The van der Waals surface area contributed by atoms with Crippen LogP contribution in [0.1, 0.15) is 29.6 Å². The Labute approximate surface area is 162 Å². The Morgan fingerprint density at radius 3 is 2.67 bits per heavy atom. The lowest BCUT2D eigenvalue weighted by molar-refractivity contribution is 0.102.